The Morgan fingerprint density at radius 1 is 1.13 bits per heavy atom. The van der Waals surface area contributed by atoms with Gasteiger partial charge in [0.05, 0.1) is 12.7 Å². The van der Waals surface area contributed by atoms with E-state index in [1.54, 1.807) is 0 Å². The predicted octanol–water partition coefficient (Wildman–Crippen LogP) is 8.49. The zero-order chi connectivity index (χ0) is 32.4. The van der Waals surface area contributed by atoms with Crippen LogP contribution in [0.5, 0.6) is 5.75 Å². The molecule has 5 rings (SSSR count). The van der Waals surface area contributed by atoms with Gasteiger partial charge in [0.2, 0.25) is 0 Å². The van der Waals surface area contributed by atoms with Gasteiger partial charge in [0.25, 0.3) is 0 Å². The number of unbranched alkanes of at least 4 members (excludes halogenated alkanes) is 2. The van der Waals surface area contributed by atoms with Gasteiger partial charge in [0, 0.05) is 30.7 Å². The van der Waals surface area contributed by atoms with E-state index in [0.29, 0.717) is 36.6 Å². The van der Waals surface area contributed by atoms with Crippen LogP contribution in [0.2, 0.25) is 13.1 Å². The van der Waals surface area contributed by atoms with Crippen molar-refractivity contribution in [3.63, 3.8) is 0 Å². The lowest BCUT2D eigenvalue weighted by molar-refractivity contribution is -0.132. The van der Waals surface area contributed by atoms with Gasteiger partial charge in [-0.3, -0.25) is 4.79 Å². The smallest absolute Gasteiger partial charge is 0.199 e. The normalized spacial score (nSPS) is 32.4. The van der Waals surface area contributed by atoms with E-state index in [-0.39, 0.29) is 23.5 Å². The Morgan fingerprint density at radius 2 is 1.93 bits per heavy atom. The number of rotatable bonds is 13. The standard InChI is InChI=1S/C38H62FNO4Si/c1-37(2,3)33(44-45(6)7)19-21-40(5)20-11-8-9-13-26-23-27-24-28(43-34-14-10-12-22-42-34)15-16-29(27)36-31(39)25-38(4)30(35(26)36)17-18-32(38)41/h15-16,24,26,30-31,33-36,45H,8-14,17-23,25H2,1-7H3/t26-,30+,31+,33?,34?,35+,36+,38+/m1/s1. The zero-order valence-electron chi connectivity index (χ0n) is 29.4. The van der Waals surface area contributed by atoms with Crippen LogP contribution in [0.25, 0.3) is 0 Å². The number of nitrogens with zero attached hydrogens (tertiary/aromatic N) is 1. The number of fused-ring (bicyclic) bond motifs is 5. The molecule has 5 nitrogen and oxygen atoms in total. The van der Waals surface area contributed by atoms with Crippen LogP contribution in [0.15, 0.2) is 18.2 Å². The highest BCUT2D eigenvalue weighted by atomic mass is 28.3. The summed E-state index contributed by atoms with van der Waals surface area (Å²) in [6.45, 7) is 16.4. The molecule has 45 heavy (non-hydrogen) atoms. The van der Waals surface area contributed by atoms with Crippen LogP contribution in [0, 0.1) is 28.6 Å². The average Bonchev–Trinajstić information content (AvgIpc) is 3.27. The number of hydrogen-bond donors (Lipinski definition) is 0. The molecule has 4 aliphatic rings. The van der Waals surface area contributed by atoms with E-state index in [2.05, 4.69) is 64.9 Å². The summed E-state index contributed by atoms with van der Waals surface area (Å²) < 4.78 is 34.8. The van der Waals surface area contributed by atoms with E-state index in [4.69, 9.17) is 13.9 Å². The largest absolute Gasteiger partial charge is 0.465 e. The maximum Gasteiger partial charge on any atom is 0.199 e. The Bertz CT molecular complexity index is 1130. The highest BCUT2D eigenvalue weighted by Crippen LogP contribution is 2.62. The second kappa shape index (κ2) is 14.9. The van der Waals surface area contributed by atoms with Crippen molar-refractivity contribution in [3.05, 3.63) is 29.3 Å². The van der Waals surface area contributed by atoms with Crippen molar-refractivity contribution in [3.8, 4) is 5.75 Å². The SMILES string of the molecule is CN(CCCCC[C@@H]1Cc2cc(OC3CCCCO3)ccc2[C@@H]2[C@@H]1[C@@H]1CCC(=O)[C@@]1(C)C[C@@H]2F)CCC(O[SiH](C)C)C(C)(C)C. The topological polar surface area (TPSA) is 48.0 Å². The molecule has 3 aliphatic carbocycles. The van der Waals surface area contributed by atoms with Gasteiger partial charge in [-0.15, -0.1) is 0 Å². The number of halogens is 1. The molecule has 1 aromatic carbocycles. The third-order valence-corrected chi connectivity index (χ3v) is 12.6. The quantitative estimate of drug-likeness (QED) is 0.159. The fourth-order valence-electron chi connectivity index (χ4n) is 9.30. The molecule has 7 heteroatoms. The molecule has 0 aromatic heterocycles. The molecule has 2 unspecified atom stereocenters. The molecule has 1 heterocycles. The van der Waals surface area contributed by atoms with Gasteiger partial charge in [0.1, 0.15) is 17.7 Å². The molecule has 1 aliphatic heterocycles. The van der Waals surface area contributed by atoms with E-state index < -0.39 is 20.6 Å². The van der Waals surface area contributed by atoms with Crippen LogP contribution in [0.3, 0.4) is 0 Å². The van der Waals surface area contributed by atoms with Crippen molar-refractivity contribution >= 4 is 14.8 Å². The van der Waals surface area contributed by atoms with Crippen LogP contribution in [0.1, 0.15) is 115 Å². The summed E-state index contributed by atoms with van der Waals surface area (Å²) in [6.07, 6.45) is 10.9. The first-order chi connectivity index (χ1) is 21.4. The van der Waals surface area contributed by atoms with Gasteiger partial charge in [-0.25, -0.2) is 4.39 Å². The first-order valence-electron chi connectivity index (χ1n) is 18.3. The minimum Gasteiger partial charge on any atom is -0.465 e. The third-order valence-electron chi connectivity index (χ3n) is 11.7. The summed E-state index contributed by atoms with van der Waals surface area (Å²) in [5.41, 5.74) is 2.10. The van der Waals surface area contributed by atoms with Gasteiger partial charge < -0.3 is 18.8 Å². The zero-order valence-corrected chi connectivity index (χ0v) is 30.6. The average molecular weight is 644 g/mol. The molecule has 0 N–H and O–H groups in total. The number of ether oxygens (including phenoxy) is 2. The lowest BCUT2D eigenvalue weighted by Gasteiger charge is -2.53. The van der Waals surface area contributed by atoms with E-state index in [9.17, 15) is 4.79 Å². The minimum absolute atomic E-state index is 0.110. The maximum atomic E-state index is 16.3. The Hall–Kier alpha value is -1.28. The number of Topliss-reactive ketones (excluding diaryl/α,β-unsaturated/α-hetero) is 1. The van der Waals surface area contributed by atoms with E-state index in [1.165, 1.54) is 24.0 Å². The summed E-state index contributed by atoms with van der Waals surface area (Å²) in [4.78, 5) is 15.6. The van der Waals surface area contributed by atoms with E-state index in [1.807, 2.05) is 6.07 Å². The molecule has 8 atom stereocenters. The number of carbonyl (C=O) groups is 1. The Morgan fingerprint density at radius 3 is 2.64 bits per heavy atom. The van der Waals surface area contributed by atoms with Crippen molar-refractivity contribution in [1.82, 2.24) is 4.90 Å². The van der Waals surface area contributed by atoms with Gasteiger partial charge in [-0.2, -0.15) is 0 Å². The highest BCUT2D eigenvalue weighted by molar-refractivity contribution is 6.48. The van der Waals surface area contributed by atoms with Gasteiger partial charge >= 0.3 is 0 Å². The second-order valence-corrected chi connectivity index (χ2v) is 18.9. The molecule has 2 saturated carbocycles. The summed E-state index contributed by atoms with van der Waals surface area (Å²) in [6, 6.07) is 6.36. The summed E-state index contributed by atoms with van der Waals surface area (Å²) >= 11 is 0. The van der Waals surface area contributed by atoms with E-state index in [0.717, 1.165) is 76.8 Å². The van der Waals surface area contributed by atoms with Gasteiger partial charge in [-0.1, -0.05) is 46.6 Å². The number of hydrogen-bond acceptors (Lipinski definition) is 5. The first kappa shape index (κ1) is 35.0. The van der Waals surface area contributed by atoms with Gasteiger partial charge in [-0.05, 0) is 124 Å². The Balaban J connectivity index is 1.21. The van der Waals surface area contributed by atoms with Crippen LogP contribution in [0.4, 0.5) is 4.39 Å². The fraction of sp³-hybridized carbons (Fsp3) is 0.816. The monoisotopic (exact) mass is 643 g/mol. The molecule has 1 saturated heterocycles. The second-order valence-electron chi connectivity index (χ2n) is 16.5. The van der Waals surface area contributed by atoms with Crippen molar-refractivity contribution in [2.45, 2.75) is 142 Å². The van der Waals surface area contributed by atoms with Gasteiger partial charge in [0.15, 0.2) is 15.3 Å². The lowest BCUT2D eigenvalue weighted by atomic mass is 9.51. The lowest BCUT2D eigenvalue weighted by Crippen LogP contribution is -2.50. The molecule has 3 fully saturated rings. The number of carbonyl (C=O) groups excluding carboxylic acids is 1. The highest BCUT2D eigenvalue weighted by Gasteiger charge is 2.60. The van der Waals surface area contributed by atoms with Crippen molar-refractivity contribution in [2.75, 3.05) is 26.7 Å². The molecular weight excluding hydrogens is 582 g/mol. The molecule has 1 aromatic rings. The number of ketones is 1. The number of alkyl halides is 1. The van der Waals surface area contributed by atoms with Crippen LogP contribution in [-0.4, -0.2) is 65.0 Å². The minimum atomic E-state index is -1.07. The molecule has 0 spiro atoms. The third kappa shape index (κ3) is 8.24. The Labute approximate surface area is 275 Å². The van der Waals surface area contributed by atoms with Crippen molar-refractivity contribution < 1.29 is 23.1 Å². The maximum absolute atomic E-state index is 16.3. The molecular formula is C38H62FNO4Si. The first-order valence-corrected chi connectivity index (χ1v) is 21.1. The van der Waals surface area contributed by atoms with Crippen LogP contribution in [-0.2, 0) is 20.4 Å². The summed E-state index contributed by atoms with van der Waals surface area (Å²) in [5, 5.41) is 0. The fourth-order valence-corrected chi connectivity index (χ4v) is 10.5. The molecule has 0 amide bonds. The van der Waals surface area contributed by atoms with Crippen LogP contribution >= 0.6 is 0 Å². The summed E-state index contributed by atoms with van der Waals surface area (Å²) in [5.74, 6) is 1.98. The predicted molar refractivity (Wildman–Crippen MR) is 183 cm³/mol. The molecule has 0 radical (unpaired) electrons. The number of benzene rings is 1. The van der Waals surface area contributed by atoms with E-state index >= 15 is 4.39 Å². The van der Waals surface area contributed by atoms with Crippen molar-refractivity contribution in [1.29, 1.82) is 0 Å². The molecule has 254 valence electrons. The molecule has 0 bridgehead atoms. The summed E-state index contributed by atoms with van der Waals surface area (Å²) in [7, 11) is 1.17. The van der Waals surface area contributed by atoms with Crippen molar-refractivity contribution in [2.24, 2.45) is 28.6 Å². The Kier molecular flexibility index (Phi) is 11.6. The van der Waals surface area contributed by atoms with Crippen LogP contribution < -0.4 is 4.74 Å².